The van der Waals surface area contributed by atoms with Gasteiger partial charge in [-0.05, 0) is 62.1 Å². The predicted molar refractivity (Wildman–Crippen MR) is 99.5 cm³/mol. The van der Waals surface area contributed by atoms with Crippen LogP contribution in [0.25, 0.3) is 0 Å². The molecule has 3 rings (SSSR count). The Morgan fingerprint density at radius 1 is 0.962 bits per heavy atom. The van der Waals surface area contributed by atoms with Crippen molar-refractivity contribution in [2.75, 3.05) is 0 Å². The van der Waals surface area contributed by atoms with E-state index in [-0.39, 0.29) is 4.90 Å². The zero-order valence-corrected chi connectivity index (χ0v) is 15.7. The molecule has 0 atom stereocenters. The first-order valence-corrected chi connectivity index (χ1v) is 10.3. The summed E-state index contributed by atoms with van der Waals surface area (Å²) in [4.78, 5) is 13.1. The number of carbonyl (C=O) groups is 1. The number of hydrogen-bond acceptors (Lipinski definition) is 4. The Bertz CT molecular complexity index is 860. The summed E-state index contributed by atoms with van der Waals surface area (Å²) in [6.07, 6.45) is 1.37. The highest BCUT2D eigenvalue weighted by Crippen LogP contribution is 2.30. The van der Waals surface area contributed by atoms with Gasteiger partial charge in [0, 0.05) is 16.6 Å². The number of sulfonamides is 1. The molecule has 1 N–H and O–H groups in total. The van der Waals surface area contributed by atoms with E-state index in [4.69, 9.17) is 11.6 Å². The molecule has 0 heterocycles. The fourth-order valence-electron chi connectivity index (χ4n) is 3.19. The average Bonchev–Trinajstić information content (AvgIpc) is 2.64. The second kappa shape index (κ2) is 7.78. The molecule has 1 aliphatic rings. The van der Waals surface area contributed by atoms with Gasteiger partial charge in [0.05, 0.1) is 11.0 Å². The third-order valence-electron chi connectivity index (χ3n) is 4.59. The molecule has 1 amide bonds. The van der Waals surface area contributed by atoms with Crippen LogP contribution in [0.1, 0.15) is 36.0 Å². The summed E-state index contributed by atoms with van der Waals surface area (Å²) in [5.41, 5.74) is 0.316. The lowest BCUT2D eigenvalue weighted by molar-refractivity contribution is 0.0693. The molecule has 0 bridgehead atoms. The molecule has 138 valence electrons. The van der Waals surface area contributed by atoms with Gasteiger partial charge in [-0.1, -0.05) is 29.8 Å². The summed E-state index contributed by atoms with van der Waals surface area (Å²) in [6, 6.07) is 13.7. The molecule has 26 heavy (non-hydrogen) atoms. The van der Waals surface area contributed by atoms with Gasteiger partial charge in [-0.3, -0.25) is 4.79 Å². The van der Waals surface area contributed by atoms with E-state index in [0.29, 0.717) is 36.3 Å². The van der Waals surface area contributed by atoms with Crippen LogP contribution in [0.15, 0.2) is 59.5 Å². The summed E-state index contributed by atoms with van der Waals surface area (Å²) < 4.78 is 27.5. The number of halogens is 1. The summed E-state index contributed by atoms with van der Waals surface area (Å²) >= 11 is 5.86. The third kappa shape index (κ3) is 3.92. The fraction of sp³-hybridized carbons (Fsp3) is 0.316. The molecule has 0 radical (unpaired) electrons. The van der Waals surface area contributed by atoms with E-state index in [1.165, 1.54) is 24.3 Å². The molecule has 7 heteroatoms. The second-order valence-electron chi connectivity index (χ2n) is 6.39. The standard InChI is InChI=1S/C19H20ClNO4S/c20-15-6-12-18(13-7-15)26(24,25)21(16-8-10-17(22)11-9-16)19(23)14-4-2-1-3-5-14/h1-7,12-13,16-17,22H,8-11H2. The molecule has 0 unspecified atom stereocenters. The van der Waals surface area contributed by atoms with Crippen molar-refractivity contribution in [3.63, 3.8) is 0 Å². The minimum Gasteiger partial charge on any atom is -0.393 e. The van der Waals surface area contributed by atoms with Crippen molar-refractivity contribution in [3.8, 4) is 0 Å². The van der Waals surface area contributed by atoms with Crippen LogP contribution < -0.4 is 0 Å². The molecule has 1 aliphatic carbocycles. The second-order valence-corrected chi connectivity index (χ2v) is 8.64. The summed E-state index contributed by atoms with van der Waals surface area (Å²) in [5.74, 6) is -0.554. The number of carbonyl (C=O) groups excluding carboxylic acids is 1. The van der Waals surface area contributed by atoms with Crippen LogP contribution >= 0.6 is 11.6 Å². The normalized spacial score (nSPS) is 20.5. The molecule has 0 aliphatic heterocycles. The van der Waals surface area contributed by atoms with Gasteiger partial charge in [0.25, 0.3) is 15.9 Å². The van der Waals surface area contributed by atoms with E-state index in [2.05, 4.69) is 0 Å². The quantitative estimate of drug-likeness (QED) is 0.862. The summed E-state index contributed by atoms with van der Waals surface area (Å²) in [5, 5.41) is 10.2. The molecule has 1 fully saturated rings. The van der Waals surface area contributed by atoms with Crippen LogP contribution in [-0.2, 0) is 10.0 Å². The highest BCUT2D eigenvalue weighted by atomic mass is 35.5. The number of aliphatic hydroxyl groups excluding tert-OH is 1. The first-order chi connectivity index (χ1) is 12.4. The number of benzene rings is 2. The number of rotatable bonds is 4. The van der Waals surface area contributed by atoms with E-state index in [1.807, 2.05) is 0 Å². The van der Waals surface area contributed by atoms with Gasteiger partial charge in [0.15, 0.2) is 0 Å². The number of nitrogens with zero attached hydrogens (tertiary/aromatic N) is 1. The smallest absolute Gasteiger partial charge is 0.267 e. The maximum Gasteiger partial charge on any atom is 0.267 e. The van der Waals surface area contributed by atoms with Crippen LogP contribution in [0.4, 0.5) is 0 Å². The van der Waals surface area contributed by atoms with E-state index < -0.39 is 28.1 Å². The van der Waals surface area contributed by atoms with E-state index in [1.54, 1.807) is 30.3 Å². The van der Waals surface area contributed by atoms with Gasteiger partial charge < -0.3 is 5.11 Å². The monoisotopic (exact) mass is 393 g/mol. The van der Waals surface area contributed by atoms with Gasteiger partial charge in [-0.15, -0.1) is 0 Å². The molecule has 1 saturated carbocycles. The zero-order valence-electron chi connectivity index (χ0n) is 14.1. The molecule has 5 nitrogen and oxygen atoms in total. The SMILES string of the molecule is O=C(c1ccccc1)N(C1CCC(O)CC1)S(=O)(=O)c1ccc(Cl)cc1. The van der Waals surface area contributed by atoms with Gasteiger partial charge in [0.2, 0.25) is 0 Å². The lowest BCUT2D eigenvalue weighted by Gasteiger charge is -2.35. The van der Waals surface area contributed by atoms with Crippen molar-refractivity contribution < 1.29 is 18.3 Å². The lowest BCUT2D eigenvalue weighted by Crippen LogP contribution is -2.46. The number of aliphatic hydroxyl groups is 1. The fourth-order valence-corrected chi connectivity index (χ4v) is 4.95. The molecule has 2 aromatic rings. The van der Waals surface area contributed by atoms with Crippen LogP contribution in [-0.4, -0.2) is 35.9 Å². The summed E-state index contributed by atoms with van der Waals surface area (Å²) in [7, 11) is -4.04. The van der Waals surface area contributed by atoms with Crippen LogP contribution in [0, 0.1) is 0 Å². The van der Waals surface area contributed by atoms with Crippen molar-refractivity contribution in [3.05, 3.63) is 65.2 Å². The average molecular weight is 394 g/mol. The van der Waals surface area contributed by atoms with Crippen LogP contribution in [0.5, 0.6) is 0 Å². The lowest BCUT2D eigenvalue weighted by atomic mass is 9.93. The Hall–Kier alpha value is -1.89. The highest BCUT2D eigenvalue weighted by Gasteiger charge is 2.38. The maximum absolute atomic E-state index is 13.2. The Kier molecular flexibility index (Phi) is 5.65. The minimum absolute atomic E-state index is 0.0253. The first-order valence-electron chi connectivity index (χ1n) is 8.47. The van der Waals surface area contributed by atoms with E-state index in [0.717, 1.165) is 4.31 Å². The van der Waals surface area contributed by atoms with Crippen LogP contribution in [0.3, 0.4) is 0 Å². The van der Waals surface area contributed by atoms with E-state index in [9.17, 15) is 18.3 Å². The van der Waals surface area contributed by atoms with Crippen molar-refractivity contribution in [2.45, 2.75) is 42.7 Å². The van der Waals surface area contributed by atoms with Crippen molar-refractivity contribution >= 4 is 27.5 Å². The maximum atomic E-state index is 13.2. The molecule has 0 saturated heterocycles. The van der Waals surface area contributed by atoms with Crippen molar-refractivity contribution in [1.82, 2.24) is 4.31 Å². The van der Waals surface area contributed by atoms with Crippen molar-refractivity contribution in [1.29, 1.82) is 0 Å². The van der Waals surface area contributed by atoms with Gasteiger partial charge in [-0.25, -0.2) is 12.7 Å². The molecular weight excluding hydrogens is 374 g/mol. The number of hydrogen-bond donors (Lipinski definition) is 1. The van der Waals surface area contributed by atoms with Crippen molar-refractivity contribution in [2.24, 2.45) is 0 Å². The zero-order chi connectivity index (χ0) is 18.7. The van der Waals surface area contributed by atoms with E-state index >= 15 is 0 Å². The van der Waals surface area contributed by atoms with Gasteiger partial charge in [-0.2, -0.15) is 0 Å². The molecule has 0 spiro atoms. The van der Waals surface area contributed by atoms with Gasteiger partial charge in [0.1, 0.15) is 0 Å². The molecule has 2 aromatic carbocycles. The molecule has 0 aromatic heterocycles. The third-order valence-corrected chi connectivity index (χ3v) is 6.69. The Labute approximate surface area is 158 Å². The minimum atomic E-state index is -4.04. The molecular formula is C19H20ClNO4S. The Morgan fingerprint density at radius 2 is 1.54 bits per heavy atom. The van der Waals surface area contributed by atoms with Gasteiger partial charge >= 0.3 is 0 Å². The predicted octanol–water partition coefficient (Wildman–Crippen LogP) is 3.47. The largest absolute Gasteiger partial charge is 0.393 e. The first kappa shape index (κ1) is 18.9. The Balaban J connectivity index is 2.02. The summed E-state index contributed by atoms with van der Waals surface area (Å²) in [6.45, 7) is 0. The topological polar surface area (TPSA) is 74.7 Å². The van der Waals surface area contributed by atoms with Crippen LogP contribution in [0.2, 0.25) is 5.02 Å². The number of amides is 1. The Morgan fingerprint density at radius 3 is 2.12 bits per heavy atom. The highest BCUT2D eigenvalue weighted by molar-refractivity contribution is 7.89.